The zero-order valence-electron chi connectivity index (χ0n) is 10.1. The zero-order chi connectivity index (χ0) is 12.5. The smallest absolute Gasteiger partial charge is 0.192 e. The molecule has 1 aromatic carbocycles. The molecule has 1 aliphatic carbocycles. The summed E-state index contributed by atoms with van der Waals surface area (Å²) in [7, 11) is 0. The summed E-state index contributed by atoms with van der Waals surface area (Å²) < 4.78 is 5.44. The molecule has 0 aromatic heterocycles. The van der Waals surface area contributed by atoms with Crippen molar-refractivity contribution in [1.29, 1.82) is 0 Å². The summed E-state index contributed by atoms with van der Waals surface area (Å²) in [6.45, 7) is 4.63. The molecule has 1 heterocycles. The third kappa shape index (κ3) is 2.39. The lowest BCUT2D eigenvalue weighted by Gasteiger charge is -2.07. The number of carbonyl (C=O) groups is 1. The summed E-state index contributed by atoms with van der Waals surface area (Å²) >= 11 is 0. The van der Waals surface area contributed by atoms with Crippen LogP contribution in [0.1, 0.15) is 29.8 Å². The van der Waals surface area contributed by atoms with Gasteiger partial charge in [0.1, 0.15) is 5.75 Å². The van der Waals surface area contributed by atoms with Gasteiger partial charge >= 0.3 is 0 Å². The first-order chi connectivity index (χ1) is 8.75. The number of fused-ring (bicyclic) bond motifs is 1. The Balaban J connectivity index is 0.00000133. The minimum atomic E-state index is 0. The van der Waals surface area contributed by atoms with Crippen molar-refractivity contribution in [3.63, 3.8) is 0 Å². The van der Waals surface area contributed by atoms with Crippen molar-refractivity contribution in [2.75, 3.05) is 6.61 Å². The molecule has 2 heteroatoms. The van der Waals surface area contributed by atoms with Crippen molar-refractivity contribution in [2.45, 2.75) is 20.3 Å². The number of ether oxygens (including phenoxy) is 1. The fourth-order valence-electron chi connectivity index (χ4n) is 2.32. The predicted octanol–water partition coefficient (Wildman–Crippen LogP) is 3.88. The molecule has 0 bridgehead atoms. The van der Waals surface area contributed by atoms with Gasteiger partial charge < -0.3 is 4.74 Å². The molecule has 1 aromatic rings. The van der Waals surface area contributed by atoms with E-state index in [1.54, 1.807) is 0 Å². The van der Waals surface area contributed by atoms with E-state index in [2.05, 4.69) is 6.58 Å². The highest BCUT2D eigenvalue weighted by molar-refractivity contribution is 6.11. The molecule has 0 amide bonds. The molecule has 98 valence electrons. The van der Waals surface area contributed by atoms with Crippen LogP contribution in [0.5, 0.6) is 5.75 Å². The van der Waals surface area contributed by atoms with E-state index in [4.69, 9.17) is 4.74 Å². The van der Waals surface area contributed by atoms with Gasteiger partial charge in [-0.1, -0.05) is 32.2 Å². The van der Waals surface area contributed by atoms with Crippen LogP contribution in [0.15, 0.2) is 54.2 Å². The summed E-state index contributed by atoms with van der Waals surface area (Å²) in [5, 5.41) is 0. The highest BCUT2D eigenvalue weighted by Crippen LogP contribution is 2.28. The first-order valence-corrected chi connectivity index (χ1v) is 6.11. The number of ketones is 1. The highest BCUT2D eigenvalue weighted by atomic mass is 16.5. The van der Waals surface area contributed by atoms with Gasteiger partial charge in [-0.2, -0.15) is 0 Å². The molecular weight excluding hydrogens is 236 g/mol. The molecule has 1 aliphatic heterocycles. The minimum Gasteiger partial charge on any atom is -0.493 e. The van der Waals surface area contributed by atoms with Crippen LogP contribution in [-0.4, -0.2) is 12.4 Å². The van der Waals surface area contributed by atoms with Crippen LogP contribution >= 0.6 is 0 Å². The van der Waals surface area contributed by atoms with E-state index >= 15 is 0 Å². The molecule has 0 saturated carbocycles. The molecule has 0 N–H and O–H groups in total. The van der Waals surface area contributed by atoms with Gasteiger partial charge in [-0.15, -0.1) is 0 Å². The Hall–Kier alpha value is -2.09. The Morgan fingerprint density at radius 3 is 2.89 bits per heavy atom. The van der Waals surface area contributed by atoms with Crippen molar-refractivity contribution in [3.8, 4) is 5.75 Å². The summed E-state index contributed by atoms with van der Waals surface area (Å²) in [5.41, 5.74) is 3.43. The maximum Gasteiger partial charge on any atom is 0.192 e. The average Bonchev–Trinajstić information content (AvgIpc) is 3.06. The van der Waals surface area contributed by atoms with E-state index in [1.165, 1.54) is 0 Å². The Labute approximate surface area is 114 Å². The van der Waals surface area contributed by atoms with Gasteiger partial charge in [0, 0.05) is 17.6 Å². The highest BCUT2D eigenvalue weighted by Gasteiger charge is 2.18. The first-order valence-electron chi connectivity index (χ1n) is 6.11. The number of hydrogen-bond donors (Lipinski definition) is 0. The maximum absolute atomic E-state index is 12.3. The molecule has 0 radical (unpaired) electrons. The fourth-order valence-corrected chi connectivity index (χ4v) is 2.32. The summed E-state index contributed by atoms with van der Waals surface area (Å²) in [6.07, 6.45) is 7.64. The van der Waals surface area contributed by atoms with Crippen LogP contribution in [0, 0.1) is 0 Å². The normalized spacial score (nSPS) is 15.3. The number of rotatable bonds is 3. The third-order valence-corrected chi connectivity index (χ3v) is 3.38. The Kier molecular flexibility index (Phi) is 3.70. The van der Waals surface area contributed by atoms with E-state index < -0.39 is 0 Å². The molecule has 3 rings (SSSR count). The van der Waals surface area contributed by atoms with Crippen LogP contribution in [0.2, 0.25) is 0 Å². The Bertz CT molecular complexity index is 591. The van der Waals surface area contributed by atoms with Gasteiger partial charge in [0.15, 0.2) is 5.78 Å². The minimum absolute atomic E-state index is 0. The van der Waals surface area contributed by atoms with E-state index in [0.717, 1.165) is 29.7 Å². The van der Waals surface area contributed by atoms with Crippen molar-refractivity contribution >= 4 is 5.78 Å². The van der Waals surface area contributed by atoms with Gasteiger partial charge in [0.2, 0.25) is 0 Å². The van der Waals surface area contributed by atoms with Crippen LogP contribution < -0.4 is 4.74 Å². The number of Topliss-reactive ketones (excluding diaryl/α,β-unsaturated/α-hetero) is 1. The largest absolute Gasteiger partial charge is 0.493 e. The van der Waals surface area contributed by atoms with Crippen molar-refractivity contribution in [3.05, 3.63) is 65.3 Å². The average molecular weight is 254 g/mol. The second-order valence-corrected chi connectivity index (χ2v) is 4.55. The second-order valence-electron chi connectivity index (χ2n) is 4.55. The van der Waals surface area contributed by atoms with Crippen molar-refractivity contribution in [1.82, 2.24) is 0 Å². The first kappa shape index (κ1) is 13.3. The Morgan fingerprint density at radius 2 is 2.16 bits per heavy atom. The molecule has 0 spiro atoms. The van der Waals surface area contributed by atoms with Gasteiger partial charge in [-0.05, 0) is 35.8 Å². The van der Waals surface area contributed by atoms with Gasteiger partial charge in [0.05, 0.1) is 6.61 Å². The summed E-state index contributed by atoms with van der Waals surface area (Å²) in [6, 6.07) is 5.63. The number of carbonyl (C=O) groups excluding carboxylic acids is 1. The SMILES string of the molecule is C.C=C(C(=O)c1ccc2c(c1)CCO2)C1=CC=CC1. The van der Waals surface area contributed by atoms with Crippen LogP contribution in [-0.2, 0) is 6.42 Å². The number of allylic oxidation sites excluding steroid dienone is 5. The van der Waals surface area contributed by atoms with Crippen LogP contribution in [0.3, 0.4) is 0 Å². The van der Waals surface area contributed by atoms with Crippen LogP contribution in [0.25, 0.3) is 0 Å². The molecule has 2 nitrogen and oxygen atoms in total. The monoisotopic (exact) mass is 254 g/mol. The number of hydrogen-bond acceptors (Lipinski definition) is 2. The van der Waals surface area contributed by atoms with E-state index in [0.29, 0.717) is 17.7 Å². The molecule has 2 aliphatic rings. The standard InChI is InChI=1S/C16H14O2.CH4/c1-11(12-4-2-3-5-12)16(17)14-6-7-15-13(10-14)8-9-18-15;/h2-4,6-7,10H,1,5,8-9H2;1H4. The Morgan fingerprint density at radius 1 is 1.32 bits per heavy atom. The summed E-state index contributed by atoms with van der Waals surface area (Å²) in [5.74, 6) is 0.915. The quantitative estimate of drug-likeness (QED) is 0.604. The third-order valence-electron chi connectivity index (χ3n) is 3.38. The van der Waals surface area contributed by atoms with E-state index in [-0.39, 0.29) is 13.2 Å². The lowest BCUT2D eigenvalue weighted by molar-refractivity contribution is 0.103. The molecule has 0 saturated heterocycles. The second kappa shape index (κ2) is 5.27. The van der Waals surface area contributed by atoms with Crippen molar-refractivity contribution in [2.24, 2.45) is 0 Å². The van der Waals surface area contributed by atoms with Gasteiger partial charge in [0.25, 0.3) is 0 Å². The maximum atomic E-state index is 12.3. The topological polar surface area (TPSA) is 26.3 Å². The van der Waals surface area contributed by atoms with E-state index in [9.17, 15) is 4.79 Å². The molecule has 0 atom stereocenters. The molecule has 19 heavy (non-hydrogen) atoms. The number of benzene rings is 1. The molecule has 0 fully saturated rings. The van der Waals surface area contributed by atoms with Gasteiger partial charge in [-0.3, -0.25) is 4.79 Å². The lowest BCUT2D eigenvalue weighted by atomic mass is 9.96. The molecular formula is C17H18O2. The molecule has 0 unspecified atom stereocenters. The van der Waals surface area contributed by atoms with E-state index in [1.807, 2.05) is 36.4 Å². The zero-order valence-corrected chi connectivity index (χ0v) is 10.1. The van der Waals surface area contributed by atoms with Crippen LogP contribution in [0.4, 0.5) is 0 Å². The van der Waals surface area contributed by atoms with Crippen molar-refractivity contribution < 1.29 is 9.53 Å². The van der Waals surface area contributed by atoms with Gasteiger partial charge in [-0.25, -0.2) is 0 Å². The predicted molar refractivity (Wildman–Crippen MR) is 77.7 cm³/mol. The summed E-state index contributed by atoms with van der Waals surface area (Å²) in [4.78, 5) is 12.3. The fraction of sp³-hybridized carbons (Fsp3) is 0.235. The lowest BCUT2D eigenvalue weighted by Crippen LogP contribution is -2.04.